The van der Waals surface area contributed by atoms with Crippen LogP contribution >= 0.6 is 11.5 Å². The first-order valence-corrected chi connectivity index (χ1v) is 8.85. The number of hydrogen-bond donors (Lipinski definition) is 2. The largest absolute Gasteiger partial charge is 0.484 e. The van der Waals surface area contributed by atoms with Crippen LogP contribution in [0.3, 0.4) is 0 Å². The minimum Gasteiger partial charge on any atom is -0.484 e. The number of benzene rings is 1. The van der Waals surface area contributed by atoms with Gasteiger partial charge in [0.1, 0.15) is 16.3 Å². The lowest BCUT2D eigenvalue weighted by Crippen LogP contribution is -2.25. The Bertz CT molecular complexity index is 1080. The number of aromatic nitrogens is 1. The molecule has 0 saturated carbocycles. The average molecular weight is 386 g/mol. The standard InChI is InChI=1S/C18H18N4O4S/c1-9-6-16(24)26-14-7-12(4-5-13(9)14)25-8-15(23)21-20-10(2)17-11(3)22-27-18(17)19/h4-7H,8,19H2,1-3H3,(H,21,23)/b20-10-. The van der Waals surface area contributed by atoms with E-state index in [-0.39, 0.29) is 6.61 Å². The van der Waals surface area contributed by atoms with E-state index < -0.39 is 11.5 Å². The summed E-state index contributed by atoms with van der Waals surface area (Å²) in [6.45, 7) is 5.15. The highest BCUT2D eigenvalue weighted by molar-refractivity contribution is 7.10. The summed E-state index contributed by atoms with van der Waals surface area (Å²) in [4.78, 5) is 23.4. The zero-order valence-corrected chi connectivity index (χ0v) is 15.8. The zero-order chi connectivity index (χ0) is 19.6. The topological polar surface area (TPSA) is 120 Å². The van der Waals surface area contributed by atoms with E-state index in [1.165, 1.54) is 17.6 Å². The van der Waals surface area contributed by atoms with Gasteiger partial charge in [-0.25, -0.2) is 10.2 Å². The zero-order valence-electron chi connectivity index (χ0n) is 15.0. The number of carbonyl (C=O) groups is 1. The molecule has 0 fully saturated rings. The van der Waals surface area contributed by atoms with E-state index in [0.717, 1.165) is 22.2 Å². The number of carbonyl (C=O) groups excluding carboxylic acids is 1. The first kappa shape index (κ1) is 18.6. The molecule has 0 spiro atoms. The number of hydrogen-bond acceptors (Lipinski definition) is 8. The molecule has 0 aliphatic heterocycles. The van der Waals surface area contributed by atoms with Crippen LogP contribution in [-0.4, -0.2) is 22.6 Å². The second-order valence-electron chi connectivity index (χ2n) is 5.93. The van der Waals surface area contributed by atoms with Crippen LogP contribution in [0.15, 0.2) is 38.6 Å². The van der Waals surface area contributed by atoms with Gasteiger partial charge in [0.05, 0.1) is 17.0 Å². The van der Waals surface area contributed by atoms with E-state index >= 15 is 0 Å². The van der Waals surface area contributed by atoms with E-state index in [2.05, 4.69) is 14.9 Å². The molecule has 0 bridgehead atoms. The lowest BCUT2D eigenvalue weighted by atomic mass is 10.1. The van der Waals surface area contributed by atoms with Gasteiger partial charge in [-0.05, 0) is 50.0 Å². The van der Waals surface area contributed by atoms with Crippen LogP contribution in [0.5, 0.6) is 5.75 Å². The van der Waals surface area contributed by atoms with Gasteiger partial charge in [-0.3, -0.25) is 4.79 Å². The van der Waals surface area contributed by atoms with Crippen molar-refractivity contribution in [1.29, 1.82) is 0 Å². The Kier molecular flexibility index (Phi) is 5.22. The molecule has 2 aromatic heterocycles. The molecule has 2 heterocycles. The van der Waals surface area contributed by atoms with Crippen molar-refractivity contribution in [3.05, 3.63) is 51.5 Å². The smallest absolute Gasteiger partial charge is 0.336 e. The van der Waals surface area contributed by atoms with Gasteiger partial charge in [-0.15, -0.1) is 0 Å². The number of ether oxygens (including phenoxy) is 1. The molecule has 1 amide bonds. The van der Waals surface area contributed by atoms with Gasteiger partial charge in [0.25, 0.3) is 5.91 Å². The fraction of sp³-hybridized carbons (Fsp3) is 0.222. The number of anilines is 1. The van der Waals surface area contributed by atoms with Crippen LogP contribution in [0.4, 0.5) is 5.00 Å². The number of hydrazone groups is 1. The van der Waals surface area contributed by atoms with Crippen LogP contribution in [0.1, 0.15) is 23.7 Å². The quantitative estimate of drug-likeness (QED) is 0.395. The van der Waals surface area contributed by atoms with Crippen LogP contribution in [-0.2, 0) is 4.79 Å². The number of rotatable bonds is 5. The summed E-state index contributed by atoms with van der Waals surface area (Å²) in [6.07, 6.45) is 0. The van der Waals surface area contributed by atoms with Gasteiger partial charge in [-0.2, -0.15) is 9.47 Å². The minimum absolute atomic E-state index is 0.241. The van der Waals surface area contributed by atoms with Crippen molar-refractivity contribution in [2.24, 2.45) is 5.10 Å². The van der Waals surface area contributed by atoms with Crippen molar-refractivity contribution in [2.75, 3.05) is 12.3 Å². The predicted octanol–water partition coefficient (Wildman–Crippen LogP) is 2.37. The molecule has 0 aliphatic carbocycles. The number of nitrogens with zero attached hydrogens (tertiary/aromatic N) is 2. The van der Waals surface area contributed by atoms with E-state index in [4.69, 9.17) is 14.9 Å². The van der Waals surface area contributed by atoms with Crippen LogP contribution in [0, 0.1) is 13.8 Å². The summed E-state index contributed by atoms with van der Waals surface area (Å²) in [5.74, 6) is -0.0196. The second-order valence-corrected chi connectivity index (χ2v) is 6.74. The predicted molar refractivity (Wildman–Crippen MR) is 104 cm³/mol. The molecule has 9 heteroatoms. The van der Waals surface area contributed by atoms with Gasteiger partial charge in [0.2, 0.25) is 0 Å². The Morgan fingerprint density at radius 2 is 2.15 bits per heavy atom. The van der Waals surface area contributed by atoms with Gasteiger partial charge >= 0.3 is 5.63 Å². The van der Waals surface area contributed by atoms with Crippen LogP contribution in [0.2, 0.25) is 0 Å². The third-order valence-electron chi connectivity index (χ3n) is 3.89. The van der Waals surface area contributed by atoms with Gasteiger partial charge in [0.15, 0.2) is 6.61 Å². The molecule has 1 aromatic carbocycles. The van der Waals surface area contributed by atoms with Crippen LogP contribution < -0.4 is 21.5 Å². The molecule has 0 unspecified atom stereocenters. The first-order chi connectivity index (χ1) is 12.8. The van der Waals surface area contributed by atoms with Crippen molar-refractivity contribution in [3.8, 4) is 5.75 Å². The Labute approximate surface area is 158 Å². The van der Waals surface area contributed by atoms with Crippen molar-refractivity contribution in [3.63, 3.8) is 0 Å². The molecule has 3 aromatic rings. The Hall–Kier alpha value is -3.20. The lowest BCUT2D eigenvalue weighted by molar-refractivity contribution is -0.123. The summed E-state index contributed by atoms with van der Waals surface area (Å²) >= 11 is 1.18. The van der Waals surface area contributed by atoms with Crippen molar-refractivity contribution in [1.82, 2.24) is 9.80 Å². The molecule has 3 rings (SSSR count). The van der Waals surface area contributed by atoms with E-state index in [1.807, 2.05) is 13.8 Å². The van der Waals surface area contributed by atoms with E-state index in [0.29, 0.717) is 22.0 Å². The van der Waals surface area contributed by atoms with E-state index in [1.54, 1.807) is 25.1 Å². The SMILES string of the molecule is C/C(=N/NC(=O)COc1ccc2c(C)cc(=O)oc2c1)c1c(C)nsc1N. The molecule has 0 saturated heterocycles. The molecule has 3 N–H and O–H groups in total. The summed E-state index contributed by atoms with van der Waals surface area (Å²) < 4.78 is 14.8. The van der Waals surface area contributed by atoms with Crippen molar-refractivity contribution < 1.29 is 13.9 Å². The van der Waals surface area contributed by atoms with Gasteiger partial charge in [-0.1, -0.05) is 0 Å². The maximum atomic E-state index is 12.0. The average Bonchev–Trinajstić information content (AvgIpc) is 2.96. The monoisotopic (exact) mass is 386 g/mol. The highest BCUT2D eigenvalue weighted by Crippen LogP contribution is 2.22. The fourth-order valence-corrected chi connectivity index (χ4v) is 3.32. The summed E-state index contributed by atoms with van der Waals surface area (Å²) in [5.41, 5.74) is 11.1. The summed E-state index contributed by atoms with van der Waals surface area (Å²) in [7, 11) is 0. The number of nitrogens with two attached hydrogens (primary N) is 1. The molecule has 0 atom stereocenters. The highest BCUT2D eigenvalue weighted by Gasteiger charge is 2.12. The van der Waals surface area contributed by atoms with Crippen LogP contribution in [0.25, 0.3) is 11.0 Å². The summed E-state index contributed by atoms with van der Waals surface area (Å²) in [6, 6.07) is 6.48. The highest BCUT2D eigenvalue weighted by atomic mass is 32.1. The maximum Gasteiger partial charge on any atom is 0.336 e. The fourth-order valence-electron chi connectivity index (χ4n) is 2.61. The minimum atomic E-state index is -0.433. The Morgan fingerprint density at radius 1 is 1.37 bits per heavy atom. The van der Waals surface area contributed by atoms with Gasteiger partial charge in [0, 0.05) is 17.5 Å². The second kappa shape index (κ2) is 7.58. The first-order valence-electron chi connectivity index (χ1n) is 8.07. The Morgan fingerprint density at radius 3 is 2.85 bits per heavy atom. The van der Waals surface area contributed by atoms with E-state index in [9.17, 15) is 9.59 Å². The molecule has 8 nitrogen and oxygen atoms in total. The number of nitrogen functional groups attached to an aromatic ring is 1. The third kappa shape index (κ3) is 4.14. The number of aryl methyl sites for hydroxylation is 2. The molecular formula is C18H18N4O4S. The molecule has 27 heavy (non-hydrogen) atoms. The third-order valence-corrected chi connectivity index (χ3v) is 4.66. The molecular weight excluding hydrogens is 368 g/mol. The molecule has 140 valence electrons. The normalized spacial score (nSPS) is 11.6. The lowest BCUT2D eigenvalue weighted by Gasteiger charge is -2.07. The maximum absolute atomic E-state index is 12.0. The molecule has 0 aliphatic rings. The number of nitrogens with one attached hydrogen (secondary N) is 1. The number of amides is 1. The van der Waals surface area contributed by atoms with Crippen molar-refractivity contribution >= 4 is 39.1 Å². The Balaban J connectivity index is 1.65. The van der Waals surface area contributed by atoms with Crippen molar-refractivity contribution in [2.45, 2.75) is 20.8 Å². The number of fused-ring (bicyclic) bond motifs is 1. The molecule has 0 radical (unpaired) electrons. The summed E-state index contributed by atoms with van der Waals surface area (Å²) in [5, 5.41) is 5.40. The van der Waals surface area contributed by atoms with Gasteiger partial charge < -0.3 is 14.9 Å².